The van der Waals surface area contributed by atoms with Crippen LogP contribution in [0.1, 0.15) is 15.9 Å². The number of halogens is 1. The fourth-order valence-electron chi connectivity index (χ4n) is 2.74. The number of anilines is 2. The molecule has 2 amide bonds. The van der Waals surface area contributed by atoms with Crippen LogP contribution in [0.4, 0.5) is 11.4 Å². The Morgan fingerprint density at radius 2 is 1.69 bits per heavy atom. The Balaban J connectivity index is 1.68. The number of carbonyl (C=O) groups is 2. The largest absolute Gasteiger partial charge is 0.343 e. The van der Waals surface area contributed by atoms with Gasteiger partial charge in [0, 0.05) is 16.3 Å². The maximum atomic E-state index is 12.6. The quantitative estimate of drug-likeness (QED) is 0.462. The Hall–Kier alpha value is -3.80. The lowest BCUT2D eigenvalue weighted by Crippen LogP contribution is -2.33. The molecular formula is C23H18ClN3O4S. The molecule has 0 aliphatic heterocycles. The maximum absolute atomic E-state index is 12.6. The lowest BCUT2D eigenvalue weighted by Gasteiger charge is -2.13. The lowest BCUT2D eigenvalue weighted by atomic mass is 10.1. The number of sulfonamides is 1. The monoisotopic (exact) mass is 467 g/mol. The standard InChI is InChI=1S/C23H18ClN3O4S/c1-2-16-6-5-7-18(14-16)26-22(28)15-25-23(29)20-8-3-4-9-21(20)27-32(30,31)19-12-10-17(24)11-13-19/h1,3-14,27H,15H2,(H,25,29)(H,26,28). The first-order chi connectivity index (χ1) is 15.3. The highest BCUT2D eigenvalue weighted by molar-refractivity contribution is 7.92. The van der Waals surface area contributed by atoms with Crippen LogP contribution in [0.25, 0.3) is 0 Å². The lowest BCUT2D eigenvalue weighted by molar-refractivity contribution is -0.115. The Bertz CT molecular complexity index is 1300. The number of carbonyl (C=O) groups excluding carboxylic acids is 2. The summed E-state index contributed by atoms with van der Waals surface area (Å²) in [5, 5.41) is 5.50. The van der Waals surface area contributed by atoms with Gasteiger partial charge < -0.3 is 10.6 Å². The average Bonchev–Trinajstić information content (AvgIpc) is 2.78. The smallest absolute Gasteiger partial charge is 0.261 e. The highest BCUT2D eigenvalue weighted by Gasteiger charge is 2.19. The number of para-hydroxylation sites is 1. The second kappa shape index (κ2) is 10.0. The number of benzene rings is 3. The van der Waals surface area contributed by atoms with Crippen LogP contribution in [-0.4, -0.2) is 26.8 Å². The van der Waals surface area contributed by atoms with Gasteiger partial charge in [-0.3, -0.25) is 14.3 Å². The minimum absolute atomic E-state index is 0.00862. The average molecular weight is 468 g/mol. The molecule has 0 unspecified atom stereocenters. The normalized spacial score (nSPS) is 10.6. The number of amides is 2. The molecule has 0 spiro atoms. The molecule has 7 nitrogen and oxygen atoms in total. The second-order valence-corrected chi connectivity index (χ2v) is 8.68. The summed E-state index contributed by atoms with van der Waals surface area (Å²) in [7, 11) is -3.95. The van der Waals surface area contributed by atoms with Crippen molar-refractivity contribution in [3.8, 4) is 12.3 Å². The predicted molar refractivity (Wildman–Crippen MR) is 124 cm³/mol. The van der Waals surface area contributed by atoms with Crippen molar-refractivity contribution in [1.29, 1.82) is 0 Å². The van der Waals surface area contributed by atoms with E-state index < -0.39 is 21.8 Å². The molecule has 0 aliphatic rings. The molecule has 9 heteroatoms. The second-order valence-electron chi connectivity index (χ2n) is 6.56. The van der Waals surface area contributed by atoms with Crippen molar-refractivity contribution in [1.82, 2.24) is 5.32 Å². The molecule has 0 saturated carbocycles. The number of rotatable bonds is 7. The van der Waals surface area contributed by atoms with Crippen molar-refractivity contribution in [2.75, 3.05) is 16.6 Å². The van der Waals surface area contributed by atoms with Gasteiger partial charge in [0.15, 0.2) is 0 Å². The van der Waals surface area contributed by atoms with Crippen LogP contribution in [0.2, 0.25) is 5.02 Å². The van der Waals surface area contributed by atoms with Gasteiger partial charge in [0.1, 0.15) is 0 Å². The molecule has 0 aromatic heterocycles. The fourth-order valence-corrected chi connectivity index (χ4v) is 3.94. The van der Waals surface area contributed by atoms with Crippen molar-refractivity contribution in [2.45, 2.75) is 4.90 Å². The van der Waals surface area contributed by atoms with Crippen LogP contribution >= 0.6 is 11.6 Å². The zero-order valence-electron chi connectivity index (χ0n) is 16.6. The predicted octanol–water partition coefficient (Wildman–Crippen LogP) is 3.49. The summed E-state index contributed by atoms with van der Waals surface area (Å²) in [4.78, 5) is 24.8. The van der Waals surface area contributed by atoms with E-state index in [2.05, 4.69) is 21.3 Å². The molecule has 3 N–H and O–H groups in total. The van der Waals surface area contributed by atoms with E-state index in [0.717, 1.165) is 0 Å². The van der Waals surface area contributed by atoms with E-state index in [1.807, 2.05) is 0 Å². The van der Waals surface area contributed by atoms with Gasteiger partial charge in [-0.15, -0.1) is 6.42 Å². The zero-order chi connectivity index (χ0) is 23.1. The Labute approximate surface area is 190 Å². The fraction of sp³-hybridized carbons (Fsp3) is 0.0435. The third-order valence-electron chi connectivity index (χ3n) is 4.26. The van der Waals surface area contributed by atoms with Gasteiger partial charge in [0.05, 0.1) is 22.7 Å². The van der Waals surface area contributed by atoms with E-state index in [-0.39, 0.29) is 22.7 Å². The molecule has 0 radical (unpaired) electrons. The van der Waals surface area contributed by atoms with Crippen LogP contribution in [0.3, 0.4) is 0 Å². The Morgan fingerprint density at radius 1 is 0.969 bits per heavy atom. The van der Waals surface area contributed by atoms with Gasteiger partial charge in [0.25, 0.3) is 15.9 Å². The van der Waals surface area contributed by atoms with E-state index in [1.165, 1.54) is 36.4 Å². The highest BCUT2D eigenvalue weighted by atomic mass is 35.5. The summed E-state index contributed by atoms with van der Waals surface area (Å²) in [6.07, 6.45) is 5.34. The summed E-state index contributed by atoms with van der Waals surface area (Å²) in [5.41, 5.74) is 1.24. The van der Waals surface area contributed by atoms with Gasteiger partial charge in [-0.05, 0) is 54.6 Å². The van der Waals surface area contributed by atoms with Gasteiger partial charge in [0.2, 0.25) is 5.91 Å². The minimum Gasteiger partial charge on any atom is -0.343 e. The molecule has 0 atom stereocenters. The molecule has 0 fully saturated rings. The highest BCUT2D eigenvalue weighted by Crippen LogP contribution is 2.21. The summed E-state index contributed by atoms with van der Waals surface area (Å²) in [5.74, 6) is 1.38. The first-order valence-electron chi connectivity index (χ1n) is 9.30. The Kier molecular flexibility index (Phi) is 7.15. The van der Waals surface area contributed by atoms with E-state index >= 15 is 0 Å². The van der Waals surface area contributed by atoms with Crippen molar-refractivity contribution < 1.29 is 18.0 Å². The number of hydrogen-bond acceptors (Lipinski definition) is 4. The molecule has 0 bridgehead atoms. The molecule has 0 saturated heterocycles. The van der Waals surface area contributed by atoms with Crippen LogP contribution in [-0.2, 0) is 14.8 Å². The maximum Gasteiger partial charge on any atom is 0.261 e. The molecule has 32 heavy (non-hydrogen) atoms. The van der Waals surface area contributed by atoms with Crippen LogP contribution < -0.4 is 15.4 Å². The van der Waals surface area contributed by atoms with Crippen molar-refractivity contribution in [3.05, 3.63) is 88.9 Å². The van der Waals surface area contributed by atoms with E-state index in [1.54, 1.807) is 36.4 Å². The number of nitrogens with one attached hydrogen (secondary N) is 3. The number of hydrogen-bond donors (Lipinski definition) is 3. The SMILES string of the molecule is C#Cc1cccc(NC(=O)CNC(=O)c2ccccc2NS(=O)(=O)c2ccc(Cl)cc2)c1. The summed E-state index contributed by atoms with van der Waals surface area (Å²) in [6, 6.07) is 18.4. The van der Waals surface area contributed by atoms with Crippen LogP contribution in [0, 0.1) is 12.3 Å². The summed E-state index contributed by atoms with van der Waals surface area (Å²) in [6.45, 7) is -0.322. The van der Waals surface area contributed by atoms with Crippen LogP contribution in [0.15, 0.2) is 77.7 Å². The molecule has 0 aliphatic carbocycles. The minimum atomic E-state index is -3.95. The number of terminal acetylenes is 1. The molecule has 0 heterocycles. The van der Waals surface area contributed by atoms with E-state index in [0.29, 0.717) is 16.3 Å². The third-order valence-corrected chi connectivity index (χ3v) is 5.90. The third kappa shape index (κ3) is 5.88. The first kappa shape index (κ1) is 22.9. The molecule has 3 rings (SSSR count). The summed E-state index contributed by atoms with van der Waals surface area (Å²) < 4.78 is 27.7. The van der Waals surface area contributed by atoms with Gasteiger partial charge >= 0.3 is 0 Å². The molecule has 162 valence electrons. The summed E-state index contributed by atoms with van der Waals surface area (Å²) >= 11 is 5.81. The molecule has 3 aromatic rings. The van der Waals surface area contributed by atoms with Gasteiger partial charge in [-0.1, -0.05) is 35.7 Å². The van der Waals surface area contributed by atoms with Crippen molar-refractivity contribution >= 4 is 44.8 Å². The van der Waals surface area contributed by atoms with Gasteiger partial charge in [-0.25, -0.2) is 8.42 Å². The van der Waals surface area contributed by atoms with E-state index in [4.69, 9.17) is 18.0 Å². The van der Waals surface area contributed by atoms with Crippen LogP contribution in [0.5, 0.6) is 0 Å². The first-order valence-corrected chi connectivity index (χ1v) is 11.2. The topological polar surface area (TPSA) is 104 Å². The molecular weight excluding hydrogens is 450 g/mol. The van der Waals surface area contributed by atoms with Gasteiger partial charge in [-0.2, -0.15) is 0 Å². The van der Waals surface area contributed by atoms with Crippen molar-refractivity contribution in [2.24, 2.45) is 0 Å². The van der Waals surface area contributed by atoms with E-state index in [9.17, 15) is 18.0 Å². The van der Waals surface area contributed by atoms with Crippen molar-refractivity contribution in [3.63, 3.8) is 0 Å². The molecule has 3 aromatic carbocycles. The Morgan fingerprint density at radius 3 is 2.41 bits per heavy atom. The zero-order valence-corrected chi connectivity index (χ0v) is 18.2.